The number of fused-ring (bicyclic) bond motifs is 1. The van der Waals surface area contributed by atoms with Crippen LogP contribution >= 0.6 is 22.7 Å². The Balaban J connectivity index is 2.74. The van der Waals surface area contributed by atoms with E-state index in [2.05, 4.69) is 5.38 Å². The summed E-state index contributed by atoms with van der Waals surface area (Å²) in [6.07, 6.45) is 0. The van der Waals surface area contributed by atoms with Gasteiger partial charge in [0.1, 0.15) is 0 Å². The van der Waals surface area contributed by atoms with E-state index < -0.39 is 7.12 Å². The maximum absolute atomic E-state index is 9.09. The van der Waals surface area contributed by atoms with Crippen LogP contribution in [-0.2, 0) is 0 Å². The number of aryl methyl sites for hydroxylation is 2. The van der Waals surface area contributed by atoms with Crippen LogP contribution in [0.4, 0.5) is 0 Å². The molecule has 2 rings (SSSR count). The Kier molecular flexibility index (Phi) is 2.19. The summed E-state index contributed by atoms with van der Waals surface area (Å²) in [7, 11) is -1.33. The average Bonchev–Trinajstić information content (AvgIpc) is 2.55. The molecule has 0 bridgehead atoms. The maximum Gasteiger partial charge on any atom is 0.499 e. The van der Waals surface area contributed by atoms with E-state index in [-0.39, 0.29) is 0 Å². The smallest absolute Gasteiger partial charge is 0.423 e. The molecule has 0 saturated carbocycles. The number of rotatable bonds is 1. The van der Waals surface area contributed by atoms with E-state index in [0.29, 0.717) is 4.78 Å². The van der Waals surface area contributed by atoms with E-state index >= 15 is 0 Å². The second-order valence-corrected chi connectivity index (χ2v) is 4.97. The zero-order valence-electron chi connectivity index (χ0n) is 7.37. The van der Waals surface area contributed by atoms with Gasteiger partial charge in [-0.1, -0.05) is 0 Å². The minimum Gasteiger partial charge on any atom is -0.423 e. The summed E-state index contributed by atoms with van der Waals surface area (Å²) >= 11 is 3.14. The Labute approximate surface area is 84.6 Å². The maximum atomic E-state index is 9.09. The molecule has 0 fully saturated rings. The van der Waals surface area contributed by atoms with Crippen molar-refractivity contribution in [2.24, 2.45) is 0 Å². The highest BCUT2D eigenvalue weighted by Gasteiger charge is 2.20. The number of hydrogen-bond acceptors (Lipinski definition) is 4. The zero-order chi connectivity index (χ0) is 9.59. The predicted molar refractivity (Wildman–Crippen MR) is 59.0 cm³/mol. The quantitative estimate of drug-likeness (QED) is 0.698. The van der Waals surface area contributed by atoms with E-state index in [0.717, 1.165) is 5.56 Å². The summed E-state index contributed by atoms with van der Waals surface area (Å²) in [5.74, 6) is 0. The van der Waals surface area contributed by atoms with Crippen LogP contribution in [0.1, 0.15) is 11.1 Å². The summed E-state index contributed by atoms with van der Waals surface area (Å²) in [6, 6.07) is 0. The molecular formula is C8H9BO2S2. The van der Waals surface area contributed by atoms with Crippen molar-refractivity contribution in [2.75, 3.05) is 0 Å². The van der Waals surface area contributed by atoms with Crippen molar-refractivity contribution in [1.82, 2.24) is 0 Å². The molecule has 0 saturated heterocycles. The molecule has 0 radical (unpaired) electrons. The first-order valence-corrected chi connectivity index (χ1v) is 5.64. The van der Waals surface area contributed by atoms with Gasteiger partial charge in [0.25, 0.3) is 0 Å². The molecule has 0 unspecified atom stereocenters. The van der Waals surface area contributed by atoms with E-state index in [9.17, 15) is 0 Å². The highest BCUT2D eigenvalue weighted by molar-refractivity contribution is 7.33. The van der Waals surface area contributed by atoms with Gasteiger partial charge in [0.05, 0.1) is 0 Å². The lowest BCUT2D eigenvalue weighted by molar-refractivity contribution is 0.426. The van der Waals surface area contributed by atoms with Crippen LogP contribution in [0.2, 0.25) is 0 Å². The molecule has 2 aromatic rings. The molecule has 0 aliphatic heterocycles. The van der Waals surface area contributed by atoms with E-state index in [1.807, 2.05) is 13.8 Å². The summed E-state index contributed by atoms with van der Waals surface area (Å²) in [6.45, 7) is 3.98. The highest BCUT2D eigenvalue weighted by Crippen LogP contribution is 2.32. The van der Waals surface area contributed by atoms with Crippen molar-refractivity contribution in [3.05, 3.63) is 16.5 Å². The van der Waals surface area contributed by atoms with Gasteiger partial charge in [0.15, 0.2) is 0 Å². The third kappa shape index (κ3) is 1.32. The van der Waals surface area contributed by atoms with Crippen molar-refractivity contribution >= 4 is 44.0 Å². The van der Waals surface area contributed by atoms with E-state index in [1.54, 1.807) is 11.3 Å². The first-order valence-electron chi connectivity index (χ1n) is 3.94. The van der Waals surface area contributed by atoms with Gasteiger partial charge in [-0.25, -0.2) is 0 Å². The van der Waals surface area contributed by atoms with E-state index in [1.165, 1.54) is 26.3 Å². The molecule has 5 heteroatoms. The second-order valence-electron chi connectivity index (χ2n) is 3.04. The van der Waals surface area contributed by atoms with E-state index in [4.69, 9.17) is 10.0 Å². The fraction of sp³-hybridized carbons (Fsp3) is 0.250. The average molecular weight is 212 g/mol. The second kappa shape index (κ2) is 3.10. The fourth-order valence-corrected chi connectivity index (χ4v) is 3.79. The first kappa shape index (κ1) is 9.21. The Morgan fingerprint density at radius 2 is 1.92 bits per heavy atom. The SMILES string of the molecule is Cc1csc2c(C)c(B(O)O)sc12. The lowest BCUT2D eigenvalue weighted by Gasteiger charge is -1.94. The lowest BCUT2D eigenvalue weighted by atomic mass is 9.87. The summed E-state index contributed by atoms with van der Waals surface area (Å²) in [5, 5.41) is 20.3. The van der Waals surface area contributed by atoms with Gasteiger partial charge in [-0.05, 0) is 30.4 Å². The van der Waals surface area contributed by atoms with Crippen molar-refractivity contribution in [1.29, 1.82) is 0 Å². The van der Waals surface area contributed by atoms with Gasteiger partial charge >= 0.3 is 7.12 Å². The Hall–Kier alpha value is -0.355. The van der Waals surface area contributed by atoms with Gasteiger partial charge in [0, 0.05) is 14.2 Å². The summed E-state index contributed by atoms with van der Waals surface area (Å²) in [5.41, 5.74) is 2.23. The normalized spacial score (nSPS) is 11.1. The third-order valence-corrected chi connectivity index (χ3v) is 4.89. The minimum atomic E-state index is -1.33. The van der Waals surface area contributed by atoms with Gasteiger partial charge < -0.3 is 10.0 Å². The zero-order valence-corrected chi connectivity index (χ0v) is 9.00. The van der Waals surface area contributed by atoms with Gasteiger partial charge in [0.2, 0.25) is 0 Å². The van der Waals surface area contributed by atoms with Crippen LogP contribution in [0.5, 0.6) is 0 Å². The standard InChI is InChI=1S/C8H9BO2S2/c1-4-3-12-7-5(2)8(9(10)11)13-6(4)7/h3,10-11H,1-2H3. The summed E-state index contributed by atoms with van der Waals surface area (Å²) in [4.78, 5) is 0. The largest absolute Gasteiger partial charge is 0.499 e. The molecule has 2 aromatic heterocycles. The minimum absolute atomic E-state index is 0.671. The summed E-state index contributed by atoms with van der Waals surface area (Å²) < 4.78 is 3.04. The monoisotopic (exact) mass is 212 g/mol. The van der Waals surface area contributed by atoms with Crippen LogP contribution in [0, 0.1) is 13.8 Å². The molecule has 0 aliphatic carbocycles. The fourth-order valence-electron chi connectivity index (χ4n) is 1.36. The van der Waals surface area contributed by atoms with Crippen molar-refractivity contribution < 1.29 is 10.0 Å². The molecule has 13 heavy (non-hydrogen) atoms. The van der Waals surface area contributed by atoms with Crippen LogP contribution in [0.25, 0.3) is 9.40 Å². The molecule has 0 spiro atoms. The van der Waals surface area contributed by atoms with Crippen LogP contribution in [0.3, 0.4) is 0 Å². The third-order valence-electron chi connectivity index (χ3n) is 2.07. The van der Waals surface area contributed by atoms with Gasteiger partial charge in [-0.2, -0.15) is 0 Å². The molecule has 68 valence electrons. The number of thiophene rings is 2. The molecular weight excluding hydrogens is 203 g/mol. The molecule has 2 nitrogen and oxygen atoms in total. The Morgan fingerprint density at radius 1 is 1.23 bits per heavy atom. The predicted octanol–water partition coefficient (Wildman–Crippen LogP) is 1.26. The van der Waals surface area contributed by atoms with Crippen LogP contribution in [-0.4, -0.2) is 17.2 Å². The highest BCUT2D eigenvalue weighted by atomic mass is 32.1. The van der Waals surface area contributed by atoms with Crippen LogP contribution in [0.15, 0.2) is 5.38 Å². The van der Waals surface area contributed by atoms with Crippen molar-refractivity contribution in [3.63, 3.8) is 0 Å². The van der Waals surface area contributed by atoms with Crippen molar-refractivity contribution in [3.8, 4) is 0 Å². The molecule has 0 amide bonds. The van der Waals surface area contributed by atoms with Gasteiger partial charge in [-0.3, -0.25) is 0 Å². The van der Waals surface area contributed by atoms with Gasteiger partial charge in [-0.15, -0.1) is 22.7 Å². The number of hydrogen-bond donors (Lipinski definition) is 2. The molecule has 0 aliphatic rings. The molecule has 2 heterocycles. The van der Waals surface area contributed by atoms with Crippen LogP contribution < -0.4 is 4.78 Å². The topological polar surface area (TPSA) is 40.5 Å². The Bertz CT molecular complexity index is 444. The first-order chi connectivity index (χ1) is 6.11. The van der Waals surface area contributed by atoms with Crippen molar-refractivity contribution in [2.45, 2.75) is 13.8 Å². The molecule has 2 N–H and O–H groups in total. The molecule has 0 atom stereocenters. The lowest BCUT2D eigenvalue weighted by Crippen LogP contribution is -2.28. The Morgan fingerprint density at radius 3 is 2.46 bits per heavy atom. The molecule has 0 aromatic carbocycles.